The molecule has 0 aliphatic carbocycles. The molecule has 7 rings (SSSR count). The maximum absolute atomic E-state index is 13.3. The molecule has 4 fully saturated rings. The van der Waals surface area contributed by atoms with Crippen molar-refractivity contribution >= 4 is 29.1 Å². The summed E-state index contributed by atoms with van der Waals surface area (Å²) in [5.74, 6) is -2.77. The number of nitrogens with zero attached hydrogens (tertiary/aromatic N) is 3. The Balaban J connectivity index is 1.08. The molecule has 282 valence electrons. The first-order valence-corrected chi connectivity index (χ1v) is 18.1. The highest BCUT2D eigenvalue weighted by Gasteiger charge is 2.51. The van der Waals surface area contributed by atoms with Gasteiger partial charge in [0.2, 0.25) is 11.8 Å². The highest BCUT2D eigenvalue weighted by molar-refractivity contribution is 5.98. The predicted molar refractivity (Wildman–Crippen MR) is 189 cm³/mol. The van der Waals surface area contributed by atoms with Crippen LogP contribution in [0.15, 0.2) is 78.9 Å². The Labute approximate surface area is 306 Å². The summed E-state index contributed by atoms with van der Waals surface area (Å²) >= 11 is 0. The van der Waals surface area contributed by atoms with Crippen LogP contribution in [0.5, 0.6) is 0 Å². The van der Waals surface area contributed by atoms with Crippen LogP contribution in [0.1, 0.15) is 61.7 Å². The van der Waals surface area contributed by atoms with Crippen molar-refractivity contribution in [2.45, 2.75) is 75.5 Å². The van der Waals surface area contributed by atoms with Crippen LogP contribution < -0.4 is 15.5 Å². The van der Waals surface area contributed by atoms with Gasteiger partial charge in [0.1, 0.15) is 11.6 Å². The molecule has 0 aromatic heterocycles. The summed E-state index contributed by atoms with van der Waals surface area (Å²) < 4.78 is 52.9. The molecule has 4 aliphatic rings. The minimum Gasteiger partial charge on any atom is -0.392 e. The molecule has 3 aromatic rings. The van der Waals surface area contributed by atoms with E-state index in [9.17, 15) is 32.7 Å². The van der Waals surface area contributed by atoms with Crippen molar-refractivity contribution in [3.8, 4) is 0 Å². The second-order valence-corrected chi connectivity index (χ2v) is 14.4. The Morgan fingerprint density at radius 3 is 2.40 bits per heavy atom. The van der Waals surface area contributed by atoms with Crippen LogP contribution >= 0.6 is 0 Å². The van der Waals surface area contributed by atoms with E-state index in [0.717, 1.165) is 16.8 Å². The van der Waals surface area contributed by atoms with Gasteiger partial charge in [0.15, 0.2) is 6.29 Å². The number of likely N-dealkylation sites (tertiary alicyclic amines) is 2. The summed E-state index contributed by atoms with van der Waals surface area (Å²) in [5, 5.41) is 15.4. The first-order valence-electron chi connectivity index (χ1n) is 18.1. The number of nitrogens with one attached hydrogen (secondary N) is 2. The van der Waals surface area contributed by atoms with E-state index in [2.05, 4.69) is 27.4 Å². The molecule has 3 aromatic carbocycles. The Morgan fingerprint density at radius 2 is 1.70 bits per heavy atom. The second kappa shape index (κ2) is 15.1. The Bertz CT molecular complexity index is 1790. The maximum Gasteiger partial charge on any atom is 0.471 e. The van der Waals surface area contributed by atoms with Crippen LogP contribution in [0.3, 0.4) is 0 Å². The van der Waals surface area contributed by atoms with Gasteiger partial charge in [-0.25, -0.2) is 0 Å². The fourth-order valence-electron chi connectivity index (χ4n) is 8.15. The van der Waals surface area contributed by atoms with Crippen LogP contribution in [0.4, 0.5) is 24.5 Å². The molecule has 0 unspecified atom stereocenters. The summed E-state index contributed by atoms with van der Waals surface area (Å²) in [4.78, 5) is 43.5. The Morgan fingerprint density at radius 1 is 0.962 bits per heavy atom. The number of hydrogen-bond acceptors (Lipinski definition) is 8. The minimum absolute atomic E-state index is 0.0442. The first kappa shape index (κ1) is 36.8. The molecule has 5 atom stereocenters. The Kier molecular flexibility index (Phi) is 10.5. The largest absolute Gasteiger partial charge is 0.471 e. The van der Waals surface area contributed by atoms with Crippen molar-refractivity contribution in [1.82, 2.24) is 15.1 Å². The van der Waals surface area contributed by atoms with Crippen molar-refractivity contribution in [2.24, 2.45) is 5.92 Å². The van der Waals surface area contributed by atoms with E-state index in [4.69, 9.17) is 9.47 Å². The maximum atomic E-state index is 13.3. The number of piperidine rings is 1. The van der Waals surface area contributed by atoms with Gasteiger partial charge in [0.25, 0.3) is 0 Å². The number of benzene rings is 3. The zero-order valence-corrected chi connectivity index (χ0v) is 29.4. The van der Waals surface area contributed by atoms with Gasteiger partial charge >= 0.3 is 12.1 Å². The van der Waals surface area contributed by atoms with Gasteiger partial charge < -0.3 is 39.9 Å². The van der Waals surface area contributed by atoms with Gasteiger partial charge in [-0.05, 0) is 61.1 Å². The number of alkyl halides is 3. The van der Waals surface area contributed by atoms with Gasteiger partial charge in [0.05, 0.1) is 25.5 Å². The lowest BCUT2D eigenvalue weighted by molar-refractivity contribution is -0.276. The average molecular weight is 736 g/mol. The lowest BCUT2D eigenvalue weighted by atomic mass is 9.84. The molecule has 1 spiro atoms. The molecule has 4 saturated heterocycles. The summed E-state index contributed by atoms with van der Waals surface area (Å²) in [6.07, 6.45) is -4.89. The standard InChI is InChI=1S/C39H44F3N5O6/c1-25-32(22-45-19-16-38(17-20-45)36(50)43-24-47(38)30-9-3-2-4-10-30)52-35(53-33(25)27-14-12-26(23-48)13-15-27)28-7-5-8-29(21-28)44-34(49)31-11-6-18-46(31)37(51)39(40,41)42/h2-5,7-10,12-15,21,25,31-33,35,48H,6,11,16-20,22-24H2,1H3,(H,43,50)(H,44,49)/t25-,31-,32+,33+,35+/m0/s1. The van der Waals surface area contributed by atoms with Gasteiger partial charge in [-0.2, -0.15) is 13.2 Å². The Hall–Kier alpha value is -4.50. The lowest BCUT2D eigenvalue weighted by Crippen LogP contribution is -2.57. The van der Waals surface area contributed by atoms with E-state index in [0.29, 0.717) is 61.7 Å². The average Bonchev–Trinajstić information content (AvgIpc) is 3.78. The molecule has 14 heteroatoms. The summed E-state index contributed by atoms with van der Waals surface area (Å²) in [7, 11) is 0. The number of rotatable bonds is 8. The number of carbonyl (C=O) groups is 3. The van der Waals surface area contributed by atoms with E-state index in [1.165, 1.54) is 0 Å². The van der Waals surface area contributed by atoms with Gasteiger partial charge in [0, 0.05) is 49.0 Å². The topological polar surface area (TPSA) is 124 Å². The summed E-state index contributed by atoms with van der Waals surface area (Å²) in [6.45, 7) is 4.25. The van der Waals surface area contributed by atoms with Crippen molar-refractivity contribution in [3.05, 3.63) is 95.6 Å². The van der Waals surface area contributed by atoms with Crippen LogP contribution in [0.2, 0.25) is 0 Å². The number of amides is 3. The SMILES string of the molecule is C[C@H]1[C@@H](CN2CCC3(CC2)C(=O)NCN3c2ccccc2)O[C@@H](c2cccc(NC(=O)[C@@H]3CCCN3C(=O)C(F)(F)F)c2)O[C@H]1c1ccc(CO)cc1. The third-order valence-electron chi connectivity index (χ3n) is 11.1. The van der Waals surface area contributed by atoms with E-state index in [1.54, 1.807) is 24.3 Å². The zero-order chi connectivity index (χ0) is 37.3. The van der Waals surface area contributed by atoms with E-state index < -0.39 is 42.0 Å². The molecule has 3 amide bonds. The second-order valence-electron chi connectivity index (χ2n) is 14.4. The van der Waals surface area contributed by atoms with Crippen LogP contribution in [0, 0.1) is 5.92 Å². The van der Waals surface area contributed by atoms with Crippen molar-refractivity contribution in [2.75, 3.05) is 43.1 Å². The monoisotopic (exact) mass is 735 g/mol. The number of aliphatic hydroxyl groups is 1. The van der Waals surface area contributed by atoms with Gasteiger partial charge in [-0.15, -0.1) is 0 Å². The molecular weight excluding hydrogens is 691 g/mol. The number of halogens is 3. The highest BCUT2D eigenvalue weighted by atomic mass is 19.4. The zero-order valence-electron chi connectivity index (χ0n) is 29.4. The van der Waals surface area contributed by atoms with Crippen LogP contribution in [-0.2, 0) is 30.5 Å². The molecular formula is C39H44F3N5O6. The normalized spacial score (nSPS) is 26.1. The smallest absolute Gasteiger partial charge is 0.392 e. The molecule has 4 heterocycles. The molecule has 0 saturated carbocycles. The highest BCUT2D eigenvalue weighted by Crippen LogP contribution is 2.43. The third kappa shape index (κ3) is 7.50. The molecule has 11 nitrogen and oxygen atoms in total. The molecule has 0 radical (unpaired) electrons. The third-order valence-corrected chi connectivity index (χ3v) is 11.1. The summed E-state index contributed by atoms with van der Waals surface area (Å²) in [5.41, 5.74) is 3.00. The minimum atomic E-state index is -5.07. The molecule has 53 heavy (non-hydrogen) atoms. The quantitative estimate of drug-likeness (QED) is 0.299. The lowest BCUT2D eigenvalue weighted by Gasteiger charge is -2.46. The number of hydrogen-bond donors (Lipinski definition) is 3. The number of carbonyl (C=O) groups excluding carboxylic acids is 3. The molecule has 3 N–H and O–H groups in total. The van der Waals surface area contributed by atoms with E-state index in [1.807, 2.05) is 54.6 Å². The van der Waals surface area contributed by atoms with Gasteiger partial charge in [-0.3, -0.25) is 14.4 Å². The van der Waals surface area contributed by atoms with E-state index >= 15 is 0 Å². The number of aliphatic hydroxyl groups excluding tert-OH is 1. The number of para-hydroxylation sites is 1. The van der Waals surface area contributed by atoms with Crippen molar-refractivity contribution in [3.63, 3.8) is 0 Å². The fraction of sp³-hybridized carbons (Fsp3) is 0.462. The number of ether oxygens (including phenoxy) is 2. The predicted octanol–water partition coefficient (Wildman–Crippen LogP) is 4.89. The number of anilines is 2. The molecule has 0 bridgehead atoms. The van der Waals surface area contributed by atoms with E-state index in [-0.39, 0.29) is 37.5 Å². The summed E-state index contributed by atoms with van der Waals surface area (Å²) in [6, 6.07) is 23.1. The van der Waals surface area contributed by atoms with Crippen LogP contribution in [0.25, 0.3) is 0 Å². The van der Waals surface area contributed by atoms with Crippen molar-refractivity contribution in [1.29, 1.82) is 0 Å². The fourth-order valence-corrected chi connectivity index (χ4v) is 8.15. The van der Waals surface area contributed by atoms with Crippen molar-refractivity contribution < 1.29 is 42.1 Å². The first-order chi connectivity index (χ1) is 25.5. The van der Waals surface area contributed by atoms with Crippen LogP contribution in [-0.4, -0.2) is 89.3 Å². The van der Waals surface area contributed by atoms with Gasteiger partial charge in [-0.1, -0.05) is 61.5 Å². The molecule has 4 aliphatic heterocycles.